The third-order valence-electron chi connectivity index (χ3n) is 5.18. The highest BCUT2D eigenvalue weighted by Gasteiger charge is 2.33. The van der Waals surface area contributed by atoms with Gasteiger partial charge in [-0.05, 0) is 34.1 Å². The second-order valence-electron chi connectivity index (χ2n) is 8.53. The molecule has 0 spiro atoms. The van der Waals surface area contributed by atoms with Gasteiger partial charge in [-0.1, -0.05) is 69.3 Å². The summed E-state index contributed by atoms with van der Waals surface area (Å²) in [5.41, 5.74) is 4.35. The van der Waals surface area contributed by atoms with Crippen LogP contribution in [0.1, 0.15) is 44.2 Å². The van der Waals surface area contributed by atoms with Crippen LogP contribution < -0.4 is 0 Å². The van der Waals surface area contributed by atoms with Gasteiger partial charge < -0.3 is 9.84 Å². The van der Waals surface area contributed by atoms with Crippen molar-refractivity contribution >= 4 is 12.1 Å². The molecular formula is C23H27NO4. The second kappa shape index (κ2) is 7.66. The first-order valence-electron chi connectivity index (χ1n) is 9.49. The molecule has 3 rings (SSSR count). The van der Waals surface area contributed by atoms with Crippen molar-refractivity contribution in [3.63, 3.8) is 0 Å². The molecule has 2 aromatic carbocycles. The number of hydrogen-bond donors (Lipinski definition) is 1. The molecule has 0 fully saturated rings. The number of nitrogens with zero attached hydrogens (tertiary/aromatic N) is 1. The molecule has 0 saturated heterocycles. The van der Waals surface area contributed by atoms with Crippen LogP contribution in [0.5, 0.6) is 0 Å². The zero-order valence-electron chi connectivity index (χ0n) is 16.8. The zero-order valence-corrected chi connectivity index (χ0v) is 16.8. The largest absolute Gasteiger partial charge is 0.480 e. The molecule has 1 aliphatic carbocycles. The molecule has 5 heteroatoms. The number of carboxylic acids is 1. The van der Waals surface area contributed by atoms with E-state index in [0.717, 1.165) is 22.3 Å². The number of carbonyl (C=O) groups excluding carboxylic acids is 1. The van der Waals surface area contributed by atoms with E-state index >= 15 is 0 Å². The Hall–Kier alpha value is -2.82. The van der Waals surface area contributed by atoms with Gasteiger partial charge in [0.2, 0.25) is 0 Å². The van der Waals surface area contributed by atoms with Crippen LogP contribution in [0.25, 0.3) is 11.1 Å². The van der Waals surface area contributed by atoms with Crippen molar-refractivity contribution in [2.75, 3.05) is 13.7 Å². The highest BCUT2D eigenvalue weighted by Crippen LogP contribution is 2.44. The number of aliphatic carboxylic acids is 1. The molecule has 2 aromatic rings. The van der Waals surface area contributed by atoms with E-state index in [-0.39, 0.29) is 17.9 Å². The number of rotatable bonds is 5. The summed E-state index contributed by atoms with van der Waals surface area (Å²) in [7, 11) is 1.49. The van der Waals surface area contributed by atoms with Gasteiger partial charge in [0.05, 0.1) is 0 Å². The fourth-order valence-corrected chi connectivity index (χ4v) is 3.79. The number of benzene rings is 2. The molecule has 1 aliphatic rings. The highest BCUT2D eigenvalue weighted by molar-refractivity contribution is 5.81. The quantitative estimate of drug-likeness (QED) is 0.811. The summed E-state index contributed by atoms with van der Waals surface area (Å²) < 4.78 is 5.57. The third-order valence-corrected chi connectivity index (χ3v) is 5.18. The number of fused-ring (bicyclic) bond motifs is 3. The molecule has 0 bridgehead atoms. The van der Waals surface area contributed by atoms with E-state index in [0.29, 0.717) is 6.42 Å². The lowest BCUT2D eigenvalue weighted by Gasteiger charge is -2.30. The molecule has 0 aliphatic heterocycles. The number of likely N-dealkylation sites (N-methyl/N-ethyl adjacent to an activating group) is 1. The third kappa shape index (κ3) is 4.03. The van der Waals surface area contributed by atoms with Crippen LogP contribution in [0.4, 0.5) is 4.79 Å². The smallest absolute Gasteiger partial charge is 0.410 e. The first-order chi connectivity index (χ1) is 13.2. The van der Waals surface area contributed by atoms with Gasteiger partial charge in [-0.15, -0.1) is 0 Å². The molecular weight excluding hydrogens is 354 g/mol. The number of carbonyl (C=O) groups is 2. The molecule has 0 radical (unpaired) electrons. The predicted octanol–water partition coefficient (Wildman–Crippen LogP) is 4.76. The van der Waals surface area contributed by atoms with Crippen LogP contribution in [0.3, 0.4) is 0 Å². The summed E-state index contributed by atoms with van der Waals surface area (Å²) in [4.78, 5) is 25.5. The van der Waals surface area contributed by atoms with Crippen LogP contribution in [0.2, 0.25) is 0 Å². The summed E-state index contributed by atoms with van der Waals surface area (Å²) in [5, 5.41) is 9.55. The molecule has 0 unspecified atom stereocenters. The molecule has 0 saturated carbocycles. The molecule has 0 aromatic heterocycles. The van der Waals surface area contributed by atoms with Crippen LogP contribution in [0.15, 0.2) is 48.5 Å². The van der Waals surface area contributed by atoms with Crippen molar-refractivity contribution in [3.05, 3.63) is 59.7 Å². The fraction of sp³-hybridized carbons (Fsp3) is 0.391. The van der Waals surface area contributed by atoms with Crippen molar-refractivity contribution in [2.24, 2.45) is 5.41 Å². The Labute approximate surface area is 165 Å². The summed E-state index contributed by atoms with van der Waals surface area (Å²) >= 11 is 0. The number of ether oxygens (including phenoxy) is 1. The molecule has 0 heterocycles. The Balaban J connectivity index is 1.75. The van der Waals surface area contributed by atoms with Gasteiger partial charge in [0.1, 0.15) is 12.6 Å². The monoisotopic (exact) mass is 381 g/mol. The number of carboxylic acid groups (broad SMARTS) is 1. The van der Waals surface area contributed by atoms with Gasteiger partial charge in [-0.25, -0.2) is 9.59 Å². The predicted molar refractivity (Wildman–Crippen MR) is 108 cm³/mol. The summed E-state index contributed by atoms with van der Waals surface area (Å²) in [6, 6.07) is 15.3. The number of hydrogen-bond acceptors (Lipinski definition) is 3. The molecule has 5 nitrogen and oxygen atoms in total. The summed E-state index contributed by atoms with van der Waals surface area (Å²) in [5.74, 6) is -1.07. The minimum Gasteiger partial charge on any atom is -0.480 e. The molecule has 28 heavy (non-hydrogen) atoms. The number of amides is 1. The highest BCUT2D eigenvalue weighted by atomic mass is 16.6. The average molecular weight is 381 g/mol. The lowest BCUT2D eigenvalue weighted by atomic mass is 9.87. The van der Waals surface area contributed by atoms with E-state index in [1.807, 2.05) is 45.0 Å². The minimum atomic E-state index is -1.02. The van der Waals surface area contributed by atoms with Gasteiger partial charge in [-0.3, -0.25) is 4.90 Å². The standard InChI is InChI=1S/C23H27NO4/c1-23(2,3)13-20(21(25)26)24(4)22(27)28-14-19-17-11-7-5-9-15(17)16-10-6-8-12-18(16)19/h5-12,19-20H,13-14H2,1-4H3,(H,25,26)/t20-/m1/s1. The van der Waals surface area contributed by atoms with Crippen LogP contribution in [-0.2, 0) is 9.53 Å². The topological polar surface area (TPSA) is 66.8 Å². The Morgan fingerprint density at radius 3 is 2.00 bits per heavy atom. The van der Waals surface area contributed by atoms with E-state index in [2.05, 4.69) is 24.3 Å². The molecule has 1 amide bonds. The molecule has 1 atom stereocenters. The summed E-state index contributed by atoms with van der Waals surface area (Å²) in [6.45, 7) is 6.04. The Morgan fingerprint density at radius 1 is 1.04 bits per heavy atom. The zero-order chi connectivity index (χ0) is 20.5. The normalized spacial score (nSPS) is 14.1. The van der Waals surface area contributed by atoms with E-state index in [1.165, 1.54) is 11.9 Å². The van der Waals surface area contributed by atoms with E-state index in [1.54, 1.807) is 0 Å². The average Bonchev–Trinajstić information content (AvgIpc) is 2.97. The first kappa shape index (κ1) is 19.9. The lowest BCUT2D eigenvalue weighted by molar-refractivity contribution is -0.143. The van der Waals surface area contributed by atoms with E-state index in [9.17, 15) is 14.7 Å². The van der Waals surface area contributed by atoms with E-state index < -0.39 is 18.1 Å². The van der Waals surface area contributed by atoms with Crippen molar-refractivity contribution in [1.29, 1.82) is 0 Å². The van der Waals surface area contributed by atoms with E-state index in [4.69, 9.17) is 4.74 Å². The Bertz CT molecular complexity index is 839. The SMILES string of the molecule is CN(C(=O)OCC1c2ccccc2-c2ccccc21)[C@H](CC(C)(C)C)C(=O)O. The maximum absolute atomic E-state index is 12.6. The second-order valence-corrected chi connectivity index (χ2v) is 8.53. The van der Waals surface area contributed by atoms with Crippen molar-refractivity contribution in [1.82, 2.24) is 4.90 Å². The van der Waals surface area contributed by atoms with Crippen molar-refractivity contribution in [3.8, 4) is 11.1 Å². The fourth-order valence-electron chi connectivity index (χ4n) is 3.79. The minimum absolute atomic E-state index is 0.0457. The maximum atomic E-state index is 12.6. The maximum Gasteiger partial charge on any atom is 0.410 e. The Morgan fingerprint density at radius 2 is 1.54 bits per heavy atom. The Kier molecular flexibility index (Phi) is 5.45. The molecule has 1 N–H and O–H groups in total. The van der Waals surface area contributed by atoms with Crippen LogP contribution >= 0.6 is 0 Å². The van der Waals surface area contributed by atoms with Crippen LogP contribution in [-0.4, -0.2) is 41.8 Å². The van der Waals surface area contributed by atoms with Gasteiger partial charge in [0, 0.05) is 13.0 Å². The first-order valence-corrected chi connectivity index (χ1v) is 9.49. The van der Waals surface area contributed by atoms with Gasteiger partial charge in [0.25, 0.3) is 0 Å². The van der Waals surface area contributed by atoms with Crippen molar-refractivity contribution in [2.45, 2.75) is 39.2 Å². The van der Waals surface area contributed by atoms with Gasteiger partial charge >= 0.3 is 12.1 Å². The lowest BCUT2D eigenvalue weighted by Crippen LogP contribution is -2.45. The van der Waals surface area contributed by atoms with Gasteiger partial charge in [0.15, 0.2) is 0 Å². The summed E-state index contributed by atoms with van der Waals surface area (Å²) in [6.07, 6.45) is -0.262. The molecule has 148 valence electrons. The van der Waals surface area contributed by atoms with Crippen LogP contribution in [0, 0.1) is 5.41 Å². The van der Waals surface area contributed by atoms with Crippen molar-refractivity contribution < 1.29 is 19.4 Å². The van der Waals surface area contributed by atoms with Gasteiger partial charge in [-0.2, -0.15) is 0 Å².